The number of anilines is 1. The molecule has 0 unspecified atom stereocenters. The first-order valence-electron chi connectivity index (χ1n) is 7.08. The molecule has 0 aliphatic heterocycles. The van der Waals surface area contributed by atoms with Gasteiger partial charge in [0, 0.05) is 36.1 Å². The smallest absolute Gasteiger partial charge is 0.262 e. The molecule has 0 saturated heterocycles. The van der Waals surface area contributed by atoms with Gasteiger partial charge in [-0.15, -0.1) is 0 Å². The van der Waals surface area contributed by atoms with Gasteiger partial charge in [0.2, 0.25) is 0 Å². The monoisotopic (exact) mass is 381 g/mol. The highest BCUT2D eigenvalue weighted by atomic mass is 32.2. The third-order valence-electron chi connectivity index (χ3n) is 3.24. The number of aromatic nitrogens is 2. The number of aryl methyl sites for hydroxylation is 1. The Kier molecular flexibility index (Phi) is 4.78. The summed E-state index contributed by atoms with van der Waals surface area (Å²) in [5, 5.41) is 0.795. The molecule has 0 aliphatic rings. The van der Waals surface area contributed by atoms with Crippen molar-refractivity contribution in [2.75, 3.05) is 4.72 Å². The highest BCUT2D eigenvalue weighted by Crippen LogP contribution is 2.27. The van der Waals surface area contributed by atoms with E-state index >= 15 is 0 Å². The molecule has 0 fully saturated rings. The zero-order valence-corrected chi connectivity index (χ0v) is 14.6. The van der Waals surface area contributed by atoms with Crippen molar-refractivity contribution in [2.45, 2.75) is 14.9 Å². The fraction of sp³-hybridized carbons (Fsp3) is 0.0625. The summed E-state index contributed by atoms with van der Waals surface area (Å²) in [5.41, 5.74) is 0.286. The van der Waals surface area contributed by atoms with Crippen molar-refractivity contribution >= 4 is 27.5 Å². The molecule has 0 amide bonds. The third kappa shape index (κ3) is 4.18. The molecule has 3 rings (SSSR count). The van der Waals surface area contributed by atoms with Crippen LogP contribution in [0.15, 0.2) is 69.8 Å². The Balaban J connectivity index is 1.77. The molecule has 130 valence electrons. The van der Waals surface area contributed by atoms with Crippen molar-refractivity contribution in [3.8, 4) is 0 Å². The van der Waals surface area contributed by atoms with Gasteiger partial charge in [0.1, 0.15) is 11.6 Å². The molecule has 1 aromatic heterocycles. The average molecular weight is 381 g/mol. The van der Waals surface area contributed by atoms with Gasteiger partial charge in [-0.2, -0.15) is 0 Å². The number of imidazole rings is 1. The number of benzene rings is 2. The number of nitrogens with zero attached hydrogens (tertiary/aromatic N) is 2. The van der Waals surface area contributed by atoms with Gasteiger partial charge in [0.05, 0.1) is 4.90 Å². The normalized spacial score (nSPS) is 11.5. The Labute approximate surface area is 147 Å². The number of halogens is 2. The lowest BCUT2D eigenvalue weighted by Gasteiger charge is -2.09. The van der Waals surface area contributed by atoms with Gasteiger partial charge in [-0.25, -0.2) is 22.2 Å². The van der Waals surface area contributed by atoms with Crippen LogP contribution >= 0.6 is 11.8 Å². The molecule has 0 saturated carbocycles. The SMILES string of the molecule is Cn1ccnc1Sc1ccc(NS(=O)(=O)c2cc(F)cc(F)c2)cc1. The topological polar surface area (TPSA) is 64.0 Å². The van der Waals surface area contributed by atoms with Crippen molar-refractivity contribution in [2.24, 2.45) is 7.05 Å². The fourth-order valence-electron chi connectivity index (χ4n) is 2.04. The minimum absolute atomic E-state index is 0.286. The largest absolute Gasteiger partial charge is 0.329 e. The summed E-state index contributed by atoms with van der Waals surface area (Å²) < 4.78 is 55.1. The first-order valence-corrected chi connectivity index (χ1v) is 9.38. The van der Waals surface area contributed by atoms with E-state index in [-0.39, 0.29) is 5.69 Å². The summed E-state index contributed by atoms with van der Waals surface area (Å²) in [5.74, 6) is -1.91. The third-order valence-corrected chi connectivity index (χ3v) is 5.68. The second-order valence-electron chi connectivity index (χ2n) is 5.16. The van der Waals surface area contributed by atoms with E-state index in [1.54, 1.807) is 30.5 Å². The van der Waals surface area contributed by atoms with Crippen LogP contribution in [-0.4, -0.2) is 18.0 Å². The van der Waals surface area contributed by atoms with E-state index in [4.69, 9.17) is 0 Å². The zero-order valence-electron chi connectivity index (χ0n) is 13.0. The van der Waals surface area contributed by atoms with Crippen LogP contribution in [0.2, 0.25) is 0 Å². The van der Waals surface area contributed by atoms with Gasteiger partial charge in [-0.3, -0.25) is 4.72 Å². The second kappa shape index (κ2) is 6.85. The summed E-state index contributed by atoms with van der Waals surface area (Å²) in [6, 6.07) is 8.72. The minimum Gasteiger partial charge on any atom is -0.329 e. The lowest BCUT2D eigenvalue weighted by molar-refractivity contribution is 0.568. The Bertz CT molecular complexity index is 982. The molecule has 2 aromatic carbocycles. The Morgan fingerprint density at radius 2 is 1.72 bits per heavy atom. The number of hydrogen-bond donors (Lipinski definition) is 1. The van der Waals surface area contributed by atoms with Gasteiger partial charge in [0.25, 0.3) is 10.0 Å². The average Bonchev–Trinajstić information content (AvgIpc) is 2.93. The van der Waals surface area contributed by atoms with Crippen LogP contribution < -0.4 is 4.72 Å². The molecule has 0 atom stereocenters. The van der Waals surface area contributed by atoms with E-state index in [0.717, 1.165) is 22.2 Å². The summed E-state index contributed by atoms with van der Waals surface area (Å²) in [4.78, 5) is 4.59. The summed E-state index contributed by atoms with van der Waals surface area (Å²) in [6.45, 7) is 0. The maximum atomic E-state index is 13.2. The van der Waals surface area contributed by atoms with Crippen molar-refractivity contribution in [3.05, 3.63) is 66.5 Å². The predicted molar refractivity (Wildman–Crippen MR) is 90.9 cm³/mol. The van der Waals surface area contributed by atoms with E-state index in [0.29, 0.717) is 6.07 Å². The maximum absolute atomic E-state index is 13.2. The molecule has 9 heteroatoms. The first kappa shape index (κ1) is 17.4. The quantitative estimate of drug-likeness (QED) is 0.733. The number of hydrogen-bond acceptors (Lipinski definition) is 4. The number of nitrogens with one attached hydrogen (secondary N) is 1. The molecule has 0 radical (unpaired) electrons. The molecule has 0 spiro atoms. The molecule has 5 nitrogen and oxygen atoms in total. The Morgan fingerprint density at radius 3 is 2.28 bits per heavy atom. The molecule has 3 aromatic rings. The fourth-order valence-corrected chi connectivity index (χ4v) is 3.95. The van der Waals surface area contributed by atoms with Crippen LogP contribution in [0.5, 0.6) is 0 Å². The molecule has 0 aliphatic carbocycles. The van der Waals surface area contributed by atoms with Crippen LogP contribution in [0, 0.1) is 11.6 Å². The molecule has 1 heterocycles. The van der Waals surface area contributed by atoms with Crippen LogP contribution in [0.4, 0.5) is 14.5 Å². The van der Waals surface area contributed by atoms with E-state index in [1.165, 1.54) is 11.8 Å². The molecule has 0 bridgehead atoms. The van der Waals surface area contributed by atoms with Crippen molar-refractivity contribution in [1.29, 1.82) is 0 Å². The maximum Gasteiger partial charge on any atom is 0.262 e. The van der Waals surface area contributed by atoms with Gasteiger partial charge in [0.15, 0.2) is 5.16 Å². The zero-order chi connectivity index (χ0) is 18.0. The van der Waals surface area contributed by atoms with E-state index in [9.17, 15) is 17.2 Å². The van der Waals surface area contributed by atoms with Crippen LogP contribution in [-0.2, 0) is 17.1 Å². The van der Waals surface area contributed by atoms with Gasteiger partial charge in [-0.05, 0) is 36.4 Å². The van der Waals surface area contributed by atoms with Gasteiger partial charge >= 0.3 is 0 Å². The van der Waals surface area contributed by atoms with Crippen LogP contribution in [0.3, 0.4) is 0 Å². The van der Waals surface area contributed by atoms with Gasteiger partial charge < -0.3 is 4.57 Å². The van der Waals surface area contributed by atoms with E-state index in [2.05, 4.69) is 9.71 Å². The van der Waals surface area contributed by atoms with Gasteiger partial charge in [-0.1, -0.05) is 11.8 Å². The first-order chi connectivity index (χ1) is 11.8. The summed E-state index contributed by atoms with van der Waals surface area (Å²) in [6.07, 6.45) is 3.51. The lowest BCUT2D eigenvalue weighted by atomic mass is 10.3. The highest BCUT2D eigenvalue weighted by Gasteiger charge is 2.16. The summed E-state index contributed by atoms with van der Waals surface area (Å²) in [7, 11) is -2.21. The number of sulfonamides is 1. The van der Waals surface area contributed by atoms with Crippen molar-refractivity contribution in [3.63, 3.8) is 0 Å². The van der Waals surface area contributed by atoms with Crippen LogP contribution in [0.1, 0.15) is 0 Å². The Morgan fingerprint density at radius 1 is 1.08 bits per heavy atom. The van der Waals surface area contributed by atoms with Crippen molar-refractivity contribution < 1.29 is 17.2 Å². The molecular formula is C16H13F2N3O2S2. The predicted octanol–water partition coefficient (Wildman–Crippen LogP) is 3.65. The highest BCUT2D eigenvalue weighted by molar-refractivity contribution is 7.99. The van der Waals surface area contributed by atoms with Crippen molar-refractivity contribution in [1.82, 2.24) is 9.55 Å². The molecular weight excluding hydrogens is 368 g/mol. The summed E-state index contributed by atoms with van der Waals surface area (Å²) >= 11 is 1.42. The number of rotatable bonds is 5. The Hall–Kier alpha value is -2.39. The van der Waals surface area contributed by atoms with E-state index < -0.39 is 26.6 Å². The second-order valence-corrected chi connectivity index (χ2v) is 7.88. The lowest BCUT2D eigenvalue weighted by Crippen LogP contribution is -2.13. The minimum atomic E-state index is -4.08. The van der Waals surface area contributed by atoms with E-state index in [1.807, 2.05) is 17.8 Å². The molecule has 1 N–H and O–H groups in total. The standard InChI is InChI=1S/C16H13F2N3O2S2/c1-21-7-6-19-16(21)24-14-4-2-13(3-5-14)20-25(22,23)15-9-11(17)8-12(18)10-15/h2-10,20H,1H3. The van der Waals surface area contributed by atoms with Crippen LogP contribution in [0.25, 0.3) is 0 Å². The molecule has 25 heavy (non-hydrogen) atoms.